The molecule has 0 aliphatic carbocycles. The van der Waals surface area contributed by atoms with Crippen LogP contribution in [0.2, 0.25) is 0 Å². The number of anilines is 1. The van der Waals surface area contributed by atoms with Crippen molar-refractivity contribution in [2.75, 3.05) is 11.1 Å². The molecule has 0 saturated heterocycles. The van der Waals surface area contributed by atoms with Gasteiger partial charge in [-0.05, 0) is 19.1 Å². The number of aromatic nitrogens is 3. The fourth-order valence-electron chi connectivity index (χ4n) is 2.04. The van der Waals surface area contributed by atoms with Crippen LogP contribution in [0.3, 0.4) is 0 Å². The Hall–Kier alpha value is -2.73. The molecule has 0 atom stereocenters. The van der Waals surface area contributed by atoms with Gasteiger partial charge in [0.15, 0.2) is 0 Å². The zero-order chi connectivity index (χ0) is 16.8. The molecule has 120 valence electrons. The topological polar surface area (TPSA) is 67.8 Å². The molecule has 1 aromatic heterocycles. The van der Waals surface area contributed by atoms with Gasteiger partial charge in [0.25, 0.3) is 0 Å². The second-order valence-electron chi connectivity index (χ2n) is 5.19. The molecule has 0 fully saturated rings. The zero-order valence-corrected chi connectivity index (χ0v) is 14.0. The van der Waals surface area contributed by atoms with E-state index in [4.69, 9.17) is 0 Å². The van der Waals surface area contributed by atoms with Gasteiger partial charge in [-0.2, -0.15) is 0 Å². The number of carbonyl (C=O) groups excluding carboxylic acids is 1. The van der Waals surface area contributed by atoms with Crippen LogP contribution >= 0.6 is 11.8 Å². The standard InChI is InChI=1S/C18H16N4OS/c1-13-7-9-15(10-8-13)20-17(23)12-24-18-19-11-16(21-22-18)14-5-3-2-4-6-14/h2-11H,12H2,1H3,(H,20,23). The maximum Gasteiger partial charge on any atom is 0.234 e. The number of nitrogens with zero attached hydrogens (tertiary/aromatic N) is 3. The Labute approximate surface area is 144 Å². The van der Waals surface area contributed by atoms with Crippen LogP contribution in [-0.2, 0) is 4.79 Å². The molecule has 3 rings (SSSR count). The fraction of sp³-hybridized carbons (Fsp3) is 0.111. The van der Waals surface area contributed by atoms with Crippen molar-refractivity contribution in [3.63, 3.8) is 0 Å². The fourth-order valence-corrected chi connectivity index (χ4v) is 2.59. The summed E-state index contributed by atoms with van der Waals surface area (Å²) in [5.41, 5.74) is 3.61. The molecule has 0 aliphatic heterocycles. The van der Waals surface area contributed by atoms with Gasteiger partial charge in [-0.15, -0.1) is 10.2 Å². The van der Waals surface area contributed by atoms with Gasteiger partial charge in [-0.25, -0.2) is 4.98 Å². The van der Waals surface area contributed by atoms with E-state index in [0.29, 0.717) is 10.9 Å². The second-order valence-corrected chi connectivity index (χ2v) is 6.14. The first kappa shape index (κ1) is 16.1. The summed E-state index contributed by atoms with van der Waals surface area (Å²) in [4.78, 5) is 16.2. The highest BCUT2D eigenvalue weighted by Crippen LogP contribution is 2.17. The minimum absolute atomic E-state index is 0.0976. The Bertz CT molecular complexity index is 805. The van der Waals surface area contributed by atoms with Gasteiger partial charge < -0.3 is 5.32 Å². The predicted octanol–water partition coefficient (Wildman–Crippen LogP) is 3.58. The summed E-state index contributed by atoms with van der Waals surface area (Å²) in [7, 11) is 0. The van der Waals surface area contributed by atoms with Gasteiger partial charge in [0.05, 0.1) is 11.9 Å². The van der Waals surface area contributed by atoms with E-state index < -0.39 is 0 Å². The summed E-state index contributed by atoms with van der Waals surface area (Å²) in [6.07, 6.45) is 1.67. The third-order valence-corrected chi connectivity index (χ3v) is 4.13. The first-order valence-corrected chi connectivity index (χ1v) is 8.44. The van der Waals surface area contributed by atoms with Crippen LogP contribution in [0.5, 0.6) is 0 Å². The molecule has 2 aromatic carbocycles. The summed E-state index contributed by atoms with van der Waals surface area (Å²) in [5.74, 6) is 0.139. The first-order chi connectivity index (χ1) is 11.7. The molecule has 1 amide bonds. The molecule has 0 aliphatic rings. The van der Waals surface area contributed by atoms with Crippen LogP contribution in [0.25, 0.3) is 11.3 Å². The van der Waals surface area contributed by atoms with Crippen molar-refractivity contribution >= 4 is 23.4 Å². The summed E-state index contributed by atoms with van der Waals surface area (Å²) >= 11 is 1.26. The molecule has 0 unspecified atom stereocenters. The van der Waals surface area contributed by atoms with Crippen molar-refractivity contribution in [3.8, 4) is 11.3 Å². The molecule has 0 bridgehead atoms. The molecule has 1 N–H and O–H groups in total. The summed E-state index contributed by atoms with van der Waals surface area (Å²) < 4.78 is 0. The number of carbonyl (C=O) groups is 1. The third-order valence-electron chi connectivity index (χ3n) is 3.28. The van der Waals surface area contributed by atoms with Crippen LogP contribution in [0, 0.1) is 6.92 Å². The third kappa shape index (κ3) is 4.39. The highest BCUT2D eigenvalue weighted by molar-refractivity contribution is 7.99. The number of amides is 1. The number of benzene rings is 2. The Morgan fingerprint density at radius 3 is 2.46 bits per heavy atom. The number of nitrogens with one attached hydrogen (secondary N) is 1. The molecule has 3 aromatic rings. The predicted molar refractivity (Wildman–Crippen MR) is 95.8 cm³/mol. The lowest BCUT2D eigenvalue weighted by Crippen LogP contribution is -2.14. The van der Waals surface area contributed by atoms with E-state index in [9.17, 15) is 4.79 Å². The molecule has 0 radical (unpaired) electrons. The highest BCUT2D eigenvalue weighted by Gasteiger charge is 2.07. The number of hydrogen-bond acceptors (Lipinski definition) is 5. The largest absolute Gasteiger partial charge is 0.325 e. The van der Waals surface area contributed by atoms with Crippen molar-refractivity contribution in [1.29, 1.82) is 0 Å². The molecular weight excluding hydrogens is 320 g/mol. The number of aryl methyl sites for hydroxylation is 1. The van der Waals surface area contributed by atoms with Gasteiger partial charge in [0, 0.05) is 11.3 Å². The van der Waals surface area contributed by atoms with Crippen LogP contribution in [0.1, 0.15) is 5.56 Å². The normalized spacial score (nSPS) is 10.4. The van der Waals surface area contributed by atoms with Crippen LogP contribution in [0.15, 0.2) is 66.0 Å². The second kappa shape index (κ2) is 7.70. The molecule has 1 heterocycles. The van der Waals surface area contributed by atoms with Crippen molar-refractivity contribution < 1.29 is 4.79 Å². The Morgan fingerprint density at radius 1 is 1.04 bits per heavy atom. The van der Waals surface area contributed by atoms with E-state index in [0.717, 1.165) is 16.8 Å². The van der Waals surface area contributed by atoms with Gasteiger partial charge in [-0.1, -0.05) is 59.8 Å². The lowest BCUT2D eigenvalue weighted by molar-refractivity contribution is -0.113. The van der Waals surface area contributed by atoms with Gasteiger partial charge in [-0.3, -0.25) is 4.79 Å². The van der Waals surface area contributed by atoms with E-state index in [1.807, 2.05) is 61.5 Å². The molecular formula is C18H16N4OS. The maximum atomic E-state index is 12.0. The SMILES string of the molecule is Cc1ccc(NC(=O)CSc2ncc(-c3ccccc3)nn2)cc1. The van der Waals surface area contributed by atoms with Gasteiger partial charge in [0.2, 0.25) is 11.1 Å². The van der Waals surface area contributed by atoms with Crippen molar-refractivity contribution in [1.82, 2.24) is 15.2 Å². The first-order valence-electron chi connectivity index (χ1n) is 7.45. The van der Waals surface area contributed by atoms with Crippen molar-refractivity contribution in [2.24, 2.45) is 0 Å². The Morgan fingerprint density at radius 2 is 1.79 bits per heavy atom. The number of rotatable bonds is 5. The molecule has 5 nitrogen and oxygen atoms in total. The minimum Gasteiger partial charge on any atom is -0.325 e. The summed E-state index contributed by atoms with van der Waals surface area (Å²) in [5, 5.41) is 11.5. The highest BCUT2D eigenvalue weighted by atomic mass is 32.2. The Kier molecular flexibility index (Phi) is 5.18. The van der Waals surface area contributed by atoms with Crippen LogP contribution in [-0.4, -0.2) is 26.8 Å². The van der Waals surface area contributed by atoms with E-state index in [1.54, 1.807) is 6.20 Å². The van der Waals surface area contributed by atoms with E-state index in [-0.39, 0.29) is 11.7 Å². The monoisotopic (exact) mass is 336 g/mol. The smallest absolute Gasteiger partial charge is 0.234 e. The quantitative estimate of drug-likeness (QED) is 0.721. The average Bonchev–Trinajstić information content (AvgIpc) is 2.63. The average molecular weight is 336 g/mol. The van der Waals surface area contributed by atoms with Gasteiger partial charge >= 0.3 is 0 Å². The summed E-state index contributed by atoms with van der Waals surface area (Å²) in [6.45, 7) is 2.00. The molecule has 0 spiro atoms. The lowest BCUT2D eigenvalue weighted by atomic mass is 10.2. The van der Waals surface area contributed by atoms with E-state index >= 15 is 0 Å². The molecule has 24 heavy (non-hydrogen) atoms. The number of hydrogen-bond donors (Lipinski definition) is 1. The van der Waals surface area contributed by atoms with E-state index in [2.05, 4.69) is 20.5 Å². The summed E-state index contributed by atoms with van der Waals surface area (Å²) in [6, 6.07) is 17.4. The van der Waals surface area contributed by atoms with E-state index in [1.165, 1.54) is 11.8 Å². The van der Waals surface area contributed by atoms with Gasteiger partial charge in [0.1, 0.15) is 5.69 Å². The van der Waals surface area contributed by atoms with Crippen molar-refractivity contribution in [3.05, 3.63) is 66.4 Å². The number of thioether (sulfide) groups is 1. The maximum absolute atomic E-state index is 12.0. The molecule has 6 heteroatoms. The zero-order valence-electron chi connectivity index (χ0n) is 13.1. The van der Waals surface area contributed by atoms with Crippen molar-refractivity contribution in [2.45, 2.75) is 12.1 Å². The minimum atomic E-state index is -0.0976. The van der Waals surface area contributed by atoms with Crippen LogP contribution < -0.4 is 5.32 Å². The van der Waals surface area contributed by atoms with Crippen LogP contribution in [0.4, 0.5) is 5.69 Å². The molecule has 0 saturated carbocycles. The lowest BCUT2D eigenvalue weighted by Gasteiger charge is -2.05. The Balaban J connectivity index is 1.54.